The lowest BCUT2D eigenvalue weighted by atomic mass is 10.1. The van der Waals surface area contributed by atoms with Gasteiger partial charge >= 0.3 is 0 Å². The third kappa shape index (κ3) is 3.28. The number of alkyl halides is 1. The molecule has 90 valence electrons. The number of thiophene rings is 1. The Morgan fingerprint density at radius 2 is 1.76 bits per heavy atom. The molecule has 1 heterocycles. The second kappa shape index (κ2) is 5.93. The van der Waals surface area contributed by atoms with Crippen LogP contribution in [-0.4, -0.2) is 0 Å². The summed E-state index contributed by atoms with van der Waals surface area (Å²) in [7, 11) is 0. The molecule has 1 atom stereocenters. The van der Waals surface area contributed by atoms with E-state index in [4.69, 9.17) is 23.2 Å². The molecule has 0 N–H and O–H groups in total. The maximum Gasteiger partial charge on any atom is 0.0869 e. The summed E-state index contributed by atoms with van der Waals surface area (Å²) < 4.78 is 3.00. The van der Waals surface area contributed by atoms with Gasteiger partial charge in [-0.2, -0.15) is 0 Å². The van der Waals surface area contributed by atoms with Gasteiger partial charge in [0.05, 0.1) is 12.9 Å². The average molecular weight is 480 g/mol. The fourth-order valence-corrected chi connectivity index (χ4v) is 5.70. The molecule has 0 aliphatic carbocycles. The van der Waals surface area contributed by atoms with Crippen molar-refractivity contribution in [1.29, 1.82) is 0 Å². The predicted molar refractivity (Wildman–Crippen MR) is 86.6 cm³/mol. The molecule has 0 aliphatic rings. The van der Waals surface area contributed by atoms with Gasteiger partial charge in [-0.05, 0) is 55.6 Å². The van der Waals surface area contributed by atoms with Crippen molar-refractivity contribution in [3.63, 3.8) is 0 Å². The maximum atomic E-state index is 6.46. The van der Waals surface area contributed by atoms with Crippen LogP contribution in [0.3, 0.4) is 0 Å². The first-order valence-corrected chi connectivity index (χ1v) is 8.54. The summed E-state index contributed by atoms with van der Waals surface area (Å²) in [4.78, 5) is 0. The maximum absolute atomic E-state index is 6.46. The lowest BCUT2D eigenvalue weighted by Gasteiger charge is -2.11. The van der Waals surface area contributed by atoms with E-state index in [1.54, 1.807) is 11.3 Å². The molecule has 0 aliphatic heterocycles. The molecular weight excluding hydrogens is 475 g/mol. The van der Waals surface area contributed by atoms with Gasteiger partial charge in [-0.1, -0.05) is 33.6 Å². The first-order valence-electron chi connectivity index (χ1n) is 4.53. The summed E-state index contributed by atoms with van der Waals surface area (Å²) in [5.41, 5.74) is 1.93. The van der Waals surface area contributed by atoms with E-state index < -0.39 is 0 Å². The quantitative estimate of drug-likeness (QED) is 0.406. The SMILES string of the molecule is Clc1cc(Br)ccc1C(Cl)c1cc(Br)sc1Br. The van der Waals surface area contributed by atoms with Crippen LogP contribution >= 0.6 is 82.3 Å². The van der Waals surface area contributed by atoms with Crippen LogP contribution in [0.1, 0.15) is 16.5 Å². The Morgan fingerprint density at radius 1 is 1.06 bits per heavy atom. The Morgan fingerprint density at radius 3 is 2.29 bits per heavy atom. The molecule has 0 saturated heterocycles. The molecule has 0 fully saturated rings. The first-order chi connectivity index (χ1) is 7.99. The number of benzene rings is 1. The molecule has 1 aromatic heterocycles. The summed E-state index contributed by atoms with van der Waals surface area (Å²) in [6.07, 6.45) is 0. The van der Waals surface area contributed by atoms with E-state index in [0.717, 1.165) is 23.2 Å². The van der Waals surface area contributed by atoms with Crippen LogP contribution in [0.5, 0.6) is 0 Å². The summed E-state index contributed by atoms with van der Waals surface area (Å²) in [6.45, 7) is 0. The topological polar surface area (TPSA) is 0 Å². The van der Waals surface area contributed by atoms with Crippen LogP contribution in [0.15, 0.2) is 36.3 Å². The van der Waals surface area contributed by atoms with Gasteiger partial charge in [0.15, 0.2) is 0 Å². The third-order valence-electron chi connectivity index (χ3n) is 2.19. The summed E-state index contributed by atoms with van der Waals surface area (Å²) in [5.74, 6) is 0. The highest BCUT2D eigenvalue weighted by Crippen LogP contribution is 2.42. The van der Waals surface area contributed by atoms with Crippen molar-refractivity contribution in [2.45, 2.75) is 5.38 Å². The zero-order valence-electron chi connectivity index (χ0n) is 8.18. The van der Waals surface area contributed by atoms with E-state index in [9.17, 15) is 0 Å². The van der Waals surface area contributed by atoms with Crippen molar-refractivity contribution >= 4 is 82.3 Å². The second-order valence-corrected chi connectivity index (χ2v) is 8.82. The molecule has 0 radical (unpaired) electrons. The fraction of sp³-hybridized carbons (Fsp3) is 0.0909. The molecule has 0 spiro atoms. The van der Waals surface area contributed by atoms with Crippen molar-refractivity contribution in [2.24, 2.45) is 0 Å². The Hall–Kier alpha value is 0.940. The van der Waals surface area contributed by atoms with E-state index in [0.29, 0.717) is 5.02 Å². The van der Waals surface area contributed by atoms with Gasteiger partial charge in [0.1, 0.15) is 0 Å². The zero-order chi connectivity index (χ0) is 12.6. The molecule has 0 bridgehead atoms. The third-order valence-corrected chi connectivity index (χ3v) is 5.87. The molecule has 2 aromatic rings. The van der Waals surface area contributed by atoms with Crippen LogP contribution in [0.25, 0.3) is 0 Å². The minimum Gasteiger partial charge on any atom is -0.121 e. The van der Waals surface area contributed by atoms with E-state index >= 15 is 0 Å². The van der Waals surface area contributed by atoms with Crippen molar-refractivity contribution in [2.75, 3.05) is 0 Å². The first kappa shape index (κ1) is 14.4. The highest BCUT2D eigenvalue weighted by Gasteiger charge is 2.19. The fourth-order valence-electron chi connectivity index (χ4n) is 1.40. The molecule has 6 heteroatoms. The van der Waals surface area contributed by atoms with E-state index in [1.807, 2.05) is 24.3 Å². The van der Waals surface area contributed by atoms with Gasteiger partial charge in [0.2, 0.25) is 0 Å². The number of hydrogen-bond acceptors (Lipinski definition) is 1. The second-order valence-electron chi connectivity index (χ2n) is 3.31. The largest absolute Gasteiger partial charge is 0.121 e. The van der Waals surface area contributed by atoms with Crippen LogP contribution in [0.4, 0.5) is 0 Å². The minimum absolute atomic E-state index is 0.257. The van der Waals surface area contributed by atoms with E-state index in [-0.39, 0.29) is 5.38 Å². The Balaban J connectivity index is 2.43. The molecular formula is C11H5Br3Cl2S. The summed E-state index contributed by atoms with van der Waals surface area (Å²) >= 11 is 24.6. The Labute approximate surface area is 139 Å². The highest BCUT2D eigenvalue weighted by molar-refractivity contribution is 9.12. The standard InChI is InChI=1S/C11H5Br3Cl2S/c12-5-1-2-6(8(15)3-5)10(16)7-4-9(13)17-11(7)14/h1-4,10H. The molecule has 2 rings (SSSR count). The monoisotopic (exact) mass is 476 g/mol. The molecule has 0 saturated carbocycles. The smallest absolute Gasteiger partial charge is 0.0869 e. The number of hydrogen-bond donors (Lipinski definition) is 0. The van der Waals surface area contributed by atoms with Crippen molar-refractivity contribution in [1.82, 2.24) is 0 Å². The Bertz CT molecular complexity index is 554. The van der Waals surface area contributed by atoms with Gasteiger partial charge in [-0.15, -0.1) is 22.9 Å². The predicted octanol–water partition coefficient (Wildman–Crippen LogP) is 7.02. The number of halogens is 5. The van der Waals surface area contributed by atoms with Crippen molar-refractivity contribution < 1.29 is 0 Å². The van der Waals surface area contributed by atoms with Crippen LogP contribution in [0, 0.1) is 0 Å². The van der Waals surface area contributed by atoms with Crippen LogP contribution in [0.2, 0.25) is 5.02 Å². The zero-order valence-corrected chi connectivity index (χ0v) is 15.3. The average Bonchev–Trinajstić information content (AvgIpc) is 2.57. The molecule has 17 heavy (non-hydrogen) atoms. The molecule has 1 unspecified atom stereocenters. The lowest BCUT2D eigenvalue weighted by Crippen LogP contribution is -1.93. The molecule has 0 amide bonds. The minimum atomic E-state index is -0.257. The van der Waals surface area contributed by atoms with Gasteiger partial charge in [0, 0.05) is 15.1 Å². The van der Waals surface area contributed by atoms with Gasteiger partial charge in [-0.25, -0.2) is 0 Å². The van der Waals surface area contributed by atoms with Crippen molar-refractivity contribution in [3.05, 3.63) is 52.5 Å². The van der Waals surface area contributed by atoms with Gasteiger partial charge in [0.25, 0.3) is 0 Å². The van der Waals surface area contributed by atoms with Gasteiger partial charge in [-0.3, -0.25) is 0 Å². The van der Waals surface area contributed by atoms with E-state index in [2.05, 4.69) is 47.8 Å². The number of rotatable bonds is 2. The van der Waals surface area contributed by atoms with Crippen LogP contribution in [-0.2, 0) is 0 Å². The molecule has 0 nitrogen and oxygen atoms in total. The van der Waals surface area contributed by atoms with Gasteiger partial charge < -0.3 is 0 Å². The highest BCUT2D eigenvalue weighted by atomic mass is 79.9. The van der Waals surface area contributed by atoms with Crippen LogP contribution < -0.4 is 0 Å². The van der Waals surface area contributed by atoms with Crippen molar-refractivity contribution in [3.8, 4) is 0 Å². The molecule has 1 aromatic carbocycles. The van der Waals surface area contributed by atoms with E-state index in [1.165, 1.54) is 0 Å². The Kier molecular flexibility index (Phi) is 5.01. The summed E-state index contributed by atoms with van der Waals surface area (Å²) in [5, 5.41) is 0.404. The summed E-state index contributed by atoms with van der Waals surface area (Å²) in [6, 6.07) is 7.72. The normalized spacial score (nSPS) is 12.8. The lowest BCUT2D eigenvalue weighted by molar-refractivity contribution is 1.14.